The maximum absolute atomic E-state index is 3.91. The lowest BCUT2D eigenvalue weighted by molar-refractivity contribution is 0.377. The number of hydrogen-bond donors (Lipinski definition) is 1. The zero-order valence-corrected chi connectivity index (χ0v) is 9.86. The summed E-state index contributed by atoms with van der Waals surface area (Å²) >= 11 is 1.77. The molecule has 0 aromatic carbocycles. The van der Waals surface area contributed by atoms with Crippen molar-refractivity contribution in [2.45, 2.75) is 19.8 Å². The van der Waals surface area contributed by atoms with Crippen molar-refractivity contribution >= 4 is 11.3 Å². The molecule has 1 unspecified atom stereocenters. The number of aryl methyl sites for hydroxylation is 1. The smallest absolute Gasteiger partial charge is 0.00369 e. The van der Waals surface area contributed by atoms with Crippen LogP contribution in [0.5, 0.6) is 0 Å². The van der Waals surface area contributed by atoms with E-state index in [4.69, 9.17) is 0 Å². The summed E-state index contributed by atoms with van der Waals surface area (Å²) < 4.78 is 0. The number of hydrogen-bond acceptors (Lipinski definition) is 2. The van der Waals surface area contributed by atoms with Crippen molar-refractivity contribution in [3.63, 3.8) is 0 Å². The second-order valence-corrected chi connectivity index (χ2v) is 4.80. The molecule has 0 radical (unpaired) electrons. The molecule has 78 valence electrons. The van der Waals surface area contributed by atoms with Crippen molar-refractivity contribution in [3.8, 4) is 0 Å². The largest absolute Gasteiger partial charge is 0.319 e. The minimum atomic E-state index is 0.219. The first-order valence-electron chi connectivity index (χ1n) is 4.99. The molecule has 1 rings (SSSR count). The van der Waals surface area contributed by atoms with Crippen LogP contribution in [0.4, 0.5) is 0 Å². The number of thiophene rings is 1. The van der Waals surface area contributed by atoms with E-state index in [9.17, 15) is 0 Å². The zero-order valence-electron chi connectivity index (χ0n) is 9.05. The monoisotopic (exact) mass is 209 g/mol. The third kappa shape index (κ3) is 3.28. The van der Waals surface area contributed by atoms with Gasteiger partial charge in [-0.2, -0.15) is 11.3 Å². The molecule has 1 N–H and O–H groups in total. The van der Waals surface area contributed by atoms with E-state index in [1.54, 1.807) is 11.3 Å². The van der Waals surface area contributed by atoms with Crippen molar-refractivity contribution in [1.29, 1.82) is 0 Å². The van der Waals surface area contributed by atoms with Crippen LogP contribution in [0.3, 0.4) is 0 Å². The second kappa shape index (κ2) is 5.32. The molecule has 1 aromatic rings. The SMILES string of the molecule is C=CC(C)(CCc1ccsc1)CNC. The highest BCUT2D eigenvalue weighted by molar-refractivity contribution is 7.07. The Hall–Kier alpha value is -0.600. The molecule has 0 amide bonds. The highest BCUT2D eigenvalue weighted by atomic mass is 32.1. The predicted octanol–water partition coefficient (Wildman–Crippen LogP) is 3.09. The van der Waals surface area contributed by atoms with Crippen LogP contribution in [-0.4, -0.2) is 13.6 Å². The molecule has 0 fully saturated rings. The van der Waals surface area contributed by atoms with Crippen LogP contribution in [0.1, 0.15) is 18.9 Å². The van der Waals surface area contributed by atoms with Crippen molar-refractivity contribution in [2.24, 2.45) is 5.41 Å². The first-order valence-corrected chi connectivity index (χ1v) is 5.94. The molecule has 0 spiro atoms. The fraction of sp³-hybridized carbons (Fsp3) is 0.500. The average molecular weight is 209 g/mol. The van der Waals surface area contributed by atoms with E-state index in [0.29, 0.717) is 0 Å². The van der Waals surface area contributed by atoms with Gasteiger partial charge in [0.1, 0.15) is 0 Å². The fourth-order valence-corrected chi connectivity index (χ4v) is 2.23. The standard InChI is InChI=1S/C12H19NS/c1-4-12(2,10-13-3)7-5-11-6-8-14-9-11/h4,6,8-9,13H,1,5,7,10H2,2-3H3. The van der Waals surface area contributed by atoms with Crippen molar-refractivity contribution in [3.05, 3.63) is 35.0 Å². The van der Waals surface area contributed by atoms with Crippen LogP contribution in [0.25, 0.3) is 0 Å². The highest BCUT2D eigenvalue weighted by Crippen LogP contribution is 2.24. The summed E-state index contributed by atoms with van der Waals surface area (Å²) in [6, 6.07) is 2.20. The van der Waals surface area contributed by atoms with Gasteiger partial charge in [0.2, 0.25) is 0 Å². The summed E-state index contributed by atoms with van der Waals surface area (Å²) in [6.07, 6.45) is 4.37. The molecule has 0 aliphatic carbocycles. The van der Waals surface area contributed by atoms with Gasteiger partial charge in [-0.1, -0.05) is 13.0 Å². The van der Waals surface area contributed by atoms with Gasteiger partial charge in [-0.15, -0.1) is 6.58 Å². The molecular formula is C12H19NS. The van der Waals surface area contributed by atoms with Gasteiger partial charge in [-0.3, -0.25) is 0 Å². The number of rotatable bonds is 6. The van der Waals surface area contributed by atoms with E-state index >= 15 is 0 Å². The molecule has 1 heterocycles. The lowest BCUT2D eigenvalue weighted by Crippen LogP contribution is -2.28. The summed E-state index contributed by atoms with van der Waals surface area (Å²) in [5.41, 5.74) is 1.66. The molecule has 2 heteroatoms. The maximum Gasteiger partial charge on any atom is 0.00369 e. The molecule has 1 aromatic heterocycles. The lowest BCUT2D eigenvalue weighted by atomic mass is 9.84. The molecule has 0 saturated carbocycles. The molecule has 0 aliphatic heterocycles. The number of nitrogens with one attached hydrogen (secondary N) is 1. The molecule has 1 atom stereocenters. The summed E-state index contributed by atoms with van der Waals surface area (Å²) in [4.78, 5) is 0. The third-order valence-corrected chi connectivity index (χ3v) is 3.37. The van der Waals surface area contributed by atoms with Crippen LogP contribution in [0.2, 0.25) is 0 Å². The molecule has 14 heavy (non-hydrogen) atoms. The summed E-state index contributed by atoms with van der Waals surface area (Å²) in [5.74, 6) is 0. The minimum absolute atomic E-state index is 0.219. The Morgan fingerprint density at radius 1 is 1.64 bits per heavy atom. The summed E-state index contributed by atoms with van der Waals surface area (Å²) in [6.45, 7) is 7.17. The van der Waals surface area contributed by atoms with Crippen LogP contribution < -0.4 is 5.32 Å². The zero-order chi connectivity index (χ0) is 10.4. The summed E-state index contributed by atoms with van der Waals surface area (Å²) in [5, 5.41) is 7.58. The van der Waals surface area contributed by atoms with Gasteiger partial charge >= 0.3 is 0 Å². The minimum Gasteiger partial charge on any atom is -0.319 e. The van der Waals surface area contributed by atoms with Gasteiger partial charge in [0.15, 0.2) is 0 Å². The Morgan fingerprint density at radius 2 is 2.43 bits per heavy atom. The van der Waals surface area contributed by atoms with Gasteiger partial charge < -0.3 is 5.32 Å². The van der Waals surface area contributed by atoms with Crippen molar-refractivity contribution in [1.82, 2.24) is 5.32 Å². The van der Waals surface area contributed by atoms with Crippen LogP contribution in [0.15, 0.2) is 29.5 Å². The quantitative estimate of drug-likeness (QED) is 0.710. The van der Waals surface area contributed by atoms with Gasteiger partial charge in [-0.05, 0) is 47.7 Å². The van der Waals surface area contributed by atoms with Gasteiger partial charge in [-0.25, -0.2) is 0 Å². The first kappa shape index (κ1) is 11.5. The molecule has 0 saturated heterocycles. The normalized spacial score (nSPS) is 15.0. The van der Waals surface area contributed by atoms with Gasteiger partial charge in [0.05, 0.1) is 0 Å². The van der Waals surface area contributed by atoms with E-state index in [2.05, 4.69) is 41.7 Å². The van der Waals surface area contributed by atoms with E-state index < -0.39 is 0 Å². The maximum atomic E-state index is 3.91. The fourth-order valence-electron chi connectivity index (χ4n) is 1.53. The molecular weight excluding hydrogens is 190 g/mol. The van der Waals surface area contributed by atoms with Crippen molar-refractivity contribution < 1.29 is 0 Å². The Labute approximate surface area is 90.9 Å². The highest BCUT2D eigenvalue weighted by Gasteiger charge is 2.18. The van der Waals surface area contributed by atoms with E-state index in [0.717, 1.165) is 19.4 Å². The Kier molecular flexibility index (Phi) is 4.36. The molecule has 0 aliphatic rings. The average Bonchev–Trinajstić information content (AvgIpc) is 2.68. The Morgan fingerprint density at radius 3 is 2.93 bits per heavy atom. The Bertz CT molecular complexity index is 266. The van der Waals surface area contributed by atoms with E-state index in [1.165, 1.54) is 5.56 Å². The van der Waals surface area contributed by atoms with Crippen LogP contribution in [0, 0.1) is 5.41 Å². The van der Waals surface area contributed by atoms with Gasteiger partial charge in [0.25, 0.3) is 0 Å². The molecule has 0 bridgehead atoms. The molecule has 1 nitrogen and oxygen atoms in total. The second-order valence-electron chi connectivity index (χ2n) is 4.02. The van der Waals surface area contributed by atoms with Gasteiger partial charge in [0, 0.05) is 6.54 Å². The van der Waals surface area contributed by atoms with Crippen LogP contribution >= 0.6 is 11.3 Å². The third-order valence-electron chi connectivity index (χ3n) is 2.64. The van der Waals surface area contributed by atoms with Crippen LogP contribution in [-0.2, 0) is 6.42 Å². The van der Waals surface area contributed by atoms with E-state index in [1.807, 2.05) is 7.05 Å². The lowest BCUT2D eigenvalue weighted by Gasteiger charge is -2.25. The Balaban J connectivity index is 2.45. The van der Waals surface area contributed by atoms with Crippen molar-refractivity contribution in [2.75, 3.05) is 13.6 Å². The first-order chi connectivity index (χ1) is 6.70. The predicted molar refractivity (Wildman–Crippen MR) is 64.9 cm³/mol. The van der Waals surface area contributed by atoms with E-state index in [-0.39, 0.29) is 5.41 Å². The summed E-state index contributed by atoms with van der Waals surface area (Å²) in [7, 11) is 1.99. The topological polar surface area (TPSA) is 12.0 Å².